The number of hydrogen-bond acceptors (Lipinski definition) is 2. The molecule has 2 N–H and O–H groups in total. The fourth-order valence-electron chi connectivity index (χ4n) is 0.821. The SMILES string of the molecule is N#C/C=C(\N)c1cccc(Cl)c1. The van der Waals surface area contributed by atoms with Crippen LogP contribution in [0.4, 0.5) is 0 Å². The molecule has 1 rings (SSSR count). The van der Waals surface area contributed by atoms with Crippen LogP contribution in [0, 0.1) is 11.3 Å². The van der Waals surface area contributed by atoms with Crippen LogP contribution in [-0.2, 0) is 0 Å². The Balaban J connectivity index is 3.05. The van der Waals surface area contributed by atoms with Crippen molar-refractivity contribution < 1.29 is 0 Å². The van der Waals surface area contributed by atoms with E-state index >= 15 is 0 Å². The molecule has 2 nitrogen and oxygen atoms in total. The molecule has 0 heterocycles. The minimum Gasteiger partial charge on any atom is -0.398 e. The van der Waals surface area contributed by atoms with Gasteiger partial charge in [-0.05, 0) is 17.7 Å². The van der Waals surface area contributed by atoms with E-state index in [1.165, 1.54) is 6.08 Å². The molecule has 0 atom stereocenters. The normalized spacial score (nSPS) is 10.8. The summed E-state index contributed by atoms with van der Waals surface area (Å²) in [5.41, 5.74) is 6.75. The highest BCUT2D eigenvalue weighted by Gasteiger charge is 1.95. The maximum Gasteiger partial charge on any atom is 0.0933 e. The topological polar surface area (TPSA) is 49.8 Å². The van der Waals surface area contributed by atoms with Crippen LogP contribution in [0.5, 0.6) is 0 Å². The number of halogens is 1. The van der Waals surface area contributed by atoms with E-state index in [-0.39, 0.29) is 0 Å². The van der Waals surface area contributed by atoms with Crippen molar-refractivity contribution in [3.8, 4) is 6.07 Å². The van der Waals surface area contributed by atoms with Gasteiger partial charge in [0.15, 0.2) is 0 Å². The molecule has 0 spiro atoms. The largest absolute Gasteiger partial charge is 0.398 e. The molecule has 0 unspecified atom stereocenters. The summed E-state index contributed by atoms with van der Waals surface area (Å²) in [6.07, 6.45) is 1.28. The van der Waals surface area contributed by atoms with Gasteiger partial charge < -0.3 is 5.73 Å². The van der Waals surface area contributed by atoms with E-state index in [1.807, 2.05) is 6.07 Å². The molecule has 0 amide bonds. The minimum absolute atomic E-state index is 0.431. The zero-order valence-electron chi connectivity index (χ0n) is 6.29. The molecule has 0 aliphatic heterocycles. The molecular weight excluding hydrogens is 172 g/mol. The molecule has 0 radical (unpaired) electrons. The van der Waals surface area contributed by atoms with E-state index in [9.17, 15) is 0 Å². The first-order valence-corrected chi connectivity index (χ1v) is 3.73. The van der Waals surface area contributed by atoms with Gasteiger partial charge >= 0.3 is 0 Å². The third kappa shape index (κ3) is 2.01. The van der Waals surface area contributed by atoms with Gasteiger partial charge in [-0.25, -0.2) is 0 Å². The zero-order chi connectivity index (χ0) is 8.97. The molecule has 0 bridgehead atoms. The predicted molar refractivity (Wildman–Crippen MR) is 49.2 cm³/mol. The van der Waals surface area contributed by atoms with Gasteiger partial charge in [0.25, 0.3) is 0 Å². The highest BCUT2D eigenvalue weighted by atomic mass is 35.5. The third-order valence-corrected chi connectivity index (χ3v) is 1.61. The number of nitrogens with two attached hydrogens (primary N) is 1. The highest BCUT2D eigenvalue weighted by Crippen LogP contribution is 2.14. The third-order valence-electron chi connectivity index (χ3n) is 1.38. The summed E-state index contributed by atoms with van der Waals surface area (Å²) in [5.74, 6) is 0. The molecule has 0 saturated carbocycles. The maximum atomic E-state index is 8.33. The monoisotopic (exact) mass is 178 g/mol. The Morgan fingerprint density at radius 1 is 1.58 bits per heavy atom. The van der Waals surface area contributed by atoms with Crippen molar-refractivity contribution in [2.75, 3.05) is 0 Å². The summed E-state index contributed by atoms with van der Waals surface area (Å²) in [7, 11) is 0. The predicted octanol–water partition coefficient (Wildman–Crippen LogP) is 2.16. The first-order valence-electron chi connectivity index (χ1n) is 3.35. The summed E-state index contributed by atoms with van der Waals surface area (Å²) >= 11 is 5.72. The smallest absolute Gasteiger partial charge is 0.0933 e. The standard InChI is InChI=1S/C9H7ClN2/c10-8-3-1-2-7(6-8)9(12)4-5-11/h1-4,6H,12H2/b9-4-. The molecule has 1 aromatic rings. The number of allylic oxidation sites excluding steroid dienone is 1. The number of nitrogens with zero attached hydrogens (tertiary/aromatic N) is 1. The van der Waals surface area contributed by atoms with Gasteiger partial charge in [0.1, 0.15) is 0 Å². The van der Waals surface area contributed by atoms with Crippen LogP contribution in [0.25, 0.3) is 5.70 Å². The second-order valence-electron chi connectivity index (χ2n) is 2.24. The van der Waals surface area contributed by atoms with E-state index in [2.05, 4.69) is 0 Å². The van der Waals surface area contributed by atoms with E-state index in [0.29, 0.717) is 10.7 Å². The number of benzene rings is 1. The molecule has 0 aliphatic carbocycles. The second kappa shape index (κ2) is 3.80. The average molecular weight is 179 g/mol. The maximum absolute atomic E-state index is 8.33. The van der Waals surface area contributed by atoms with Crippen molar-refractivity contribution in [2.45, 2.75) is 0 Å². The number of rotatable bonds is 1. The van der Waals surface area contributed by atoms with Crippen molar-refractivity contribution in [1.82, 2.24) is 0 Å². The second-order valence-corrected chi connectivity index (χ2v) is 2.68. The van der Waals surface area contributed by atoms with E-state index in [4.69, 9.17) is 22.6 Å². The minimum atomic E-state index is 0.431. The Morgan fingerprint density at radius 2 is 2.33 bits per heavy atom. The molecule has 0 aliphatic rings. The number of nitriles is 1. The molecule has 60 valence electrons. The van der Waals surface area contributed by atoms with Crippen LogP contribution in [-0.4, -0.2) is 0 Å². The van der Waals surface area contributed by atoms with Crippen molar-refractivity contribution in [3.63, 3.8) is 0 Å². The Labute approximate surface area is 75.9 Å². The molecule has 1 aromatic carbocycles. The summed E-state index contributed by atoms with van der Waals surface area (Å²) < 4.78 is 0. The molecule has 0 aromatic heterocycles. The first kappa shape index (κ1) is 8.63. The molecule has 12 heavy (non-hydrogen) atoms. The van der Waals surface area contributed by atoms with Crippen LogP contribution in [0.2, 0.25) is 5.02 Å². The van der Waals surface area contributed by atoms with Crippen LogP contribution < -0.4 is 5.73 Å². The lowest BCUT2D eigenvalue weighted by Gasteiger charge is -1.98. The zero-order valence-corrected chi connectivity index (χ0v) is 7.05. The van der Waals surface area contributed by atoms with Crippen molar-refractivity contribution in [3.05, 3.63) is 40.9 Å². The van der Waals surface area contributed by atoms with Crippen molar-refractivity contribution in [2.24, 2.45) is 5.73 Å². The Hall–Kier alpha value is -1.46. The molecular formula is C9H7ClN2. The summed E-state index contributed by atoms with van der Waals surface area (Å²) in [4.78, 5) is 0. The fourth-order valence-corrected chi connectivity index (χ4v) is 1.01. The molecule has 0 saturated heterocycles. The Bertz CT molecular complexity index is 350. The lowest BCUT2D eigenvalue weighted by atomic mass is 10.1. The van der Waals surface area contributed by atoms with E-state index in [1.54, 1.807) is 24.3 Å². The van der Waals surface area contributed by atoms with Gasteiger partial charge in [0.05, 0.1) is 6.07 Å². The Morgan fingerprint density at radius 3 is 2.92 bits per heavy atom. The lowest BCUT2D eigenvalue weighted by Crippen LogP contribution is -1.94. The Kier molecular flexibility index (Phi) is 2.73. The van der Waals surface area contributed by atoms with Gasteiger partial charge in [0, 0.05) is 16.8 Å². The van der Waals surface area contributed by atoms with Gasteiger partial charge in [0.2, 0.25) is 0 Å². The molecule has 3 heteroatoms. The quantitative estimate of drug-likeness (QED) is 0.670. The van der Waals surface area contributed by atoms with Crippen molar-refractivity contribution >= 4 is 17.3 Å². The van der Waals surface area contributed by atoms with Gasteiger partial charge in [-0.3, -0.25) is 0 Å². The van der Waals surface area contributed by atoms with Gasteiger partial charge in [-0.15, -0.1) is 0 Å². The van der Waals surface area contributed by atoms with Gasteiger partial charge in [-0.2, -0.15) is 5.26 Å². The summed E-state index contributed by atoms with van der Waals surface area (Å²) in [6.45, 7) is 0. The first-order chi connectivity index (χ1) is 5.74. The van der Waals surface area contributed by atoms with Gasteiger partial charge in [-0.1, -0.05) is 23.7 Å². The van der Waals surface area contributed by atoms with Crippen LogP contribution in [0.15, 0.2) is 30.3 Å². The average Bonchev–Trinajstić information content (AvgIpc) is 2.05. The summed E-state index contributed by atoms with van der Waals surface area (Å²) in [5, 5.41) is 8.94. The molecule has 0 fully saturated rings. The highest BCUT2D eigenvalue weighted by molar-refractivity contribution is 6.30. The van der Waals surface area contributed by atoms with Crippen molar-refractivity contribution in [1.29, 1.82) is 5.26 Å². The van der Waals surface area contributed by atoms with Crippen LogP contribution in [0.3, 0.4) is 0 Å². The van der Waals surface area contributed by atoms with E-state index < -0.39 is 0 Å². The summed E-state index contributed by atoms with van der Waals surface area (Å²) in [6, 6.07) is 8.91. The van der Waals surface area contributed by atoms with E-state index in [0.717, 1.165) is 5.56 Å². The number of hydrogen-bond donors (Lipinski definition) is 1. The van der Waals surface area contributed by atoms with Crippen LogP contribution in [0.1, 0.15) is 5.56 Å². The fraction of sp³-hybridized carbons (Fsp3) is 0. The lowest BCUT2D eigenvalue weighted by molar-refractivity contribution is 1.49. The van der Waals surface area contributed by atoms with Crippen LogP contribution >= 0.6 is 11.6 Å².